The number of benzene rings is 1. The molecule has 1 saturated carbocycles. The summed E-state index contributed by atoms with van der Waals surface area (Å²) in [6.07, 6.45) is 8.63. The summed E-state index contributed by atoms with van der Waals surface area (Å²) in [6.45, 7) is 3.95. The van der Waals surface area contributed by atoms with E-state index in [0.717, 1.165) is 48.3 Å². The predicted molar refractivity (Wildman–Crippen MR) is 125 cm³/mol. The Bertz CT molecular complexity index is 1050. The average Bonchev–Trinajstić information content (AvgIpc) is 3.32. The van der Waals surface area contributed by atoms with Crippen LogP contribution in [-0.4, -0.2) is 32.4 Å². The summed E-state index contributed by atoms with van der Waals surface area (Å²) in [5.74, 6) is -0.572. The number of carbonyl (C=O) groups is 2. The van der Waals surface area contributed by atoms with E-state index in [2.05, 4.69) is 19.9 Å². The molecule has 2 heterocycles. The molecule has 8 heteroatoms. The van der Waals surface area contributed by atoms with E-state index in [0.29, 0.717) is 11.3 Å². The third-order valence-corrected chi connectivity index (χ3v) is 6.25. The van der Waals surface area contributed by atoms with Crippen molar-refractivity contribution >= 4 is 29.0 Å². The molecule has 1 aromatic carbocycles. The highest BCUT2D eigenvalue weighted by molar-refractivity contribution is 7.03. The zero-order chi connectivity index (χ0) is 22.5. The molecular formula is C24H27N5O2S. The largest absolute Gasteiger partial charge is 0.351 e. The van der Waals surface area contributed by atoms with Crippen molar-refractivity contribution in [1.29, 1.82) is 0 Å². The molecule has 0 radical (unpaired) electrons. The van der Waals surface area contributed by atoms with Crippen molar-refractivity contribution in [2.45, 2.75) is 58.0 Å². The predicted octanol–water partition coefficient (Wildman–Crippen LogP) is 4.39. The highest BCUT2D eigenvalue weighted by atomic mass is 32.1. The highest BCUT2D eigenvalue weighted by Gasteiger charge is 2.35. The number of anilines is 1. The Labute approximate surface area is 192 Å². The van der Waals surface area contributed by atoms with Gasteiger partial charge in [-0.3, -0.25) is 19.5 Å². The molecule has 0 aliphatic heterocycles. The van der Waals surface area contributed by atoms with Crippen LogP contribution in [0.5, 0.6) is 0 Å². The van der Waals surface area contributed by atoms with Crippen molar-refractivity contribution in [3.05, 3.63) is 70.5 Å². The summed E-state index contributed by atoms with van der Waals surface area (Å²) in [5, 5.41) is 8.80. The Morgan fingerprint density at radius 2 is 1.88 bits per heavy atom. The molecule has 7 nitrogen and oxygen atoms in total. The first kappa shape index (κ1) is 22.1. The number of aryl methyl sites for hydroxylation is 2. The quantitative estimate of drug-likeness (QED) is 0.603. The van der Waals surface area contributed by atoms with Crippen molar-refractivity contribution < 1.29 is 9.59 Å². The smallest absolute Gasteiger partial charge is 0.280 e. The summed E-state index contributed by atoms with van der Waals surface area (Å²) >= 11 is 1.11. The molecule has 0 saturated heterocycles. The van der Waals surface area contributed by atoms with Crippen LogP contribution in [0.15, 0.2) is 48.1 Å². The van der Waals surface area contributed by atoms with Crippen LogP contribution in [0.2, 0.25) is 0 Å². The van der Waals surface area contributed by atoms with Crippen molar-refractivity contribution in [3.8, 4) is 0 Å². The van der Waals surface area contributed by atoms with Gasteiger partial charge in [0.25, 0.3) is 5.91 Å². The molecule has 4 rings (SSSR count). The number of nitrogens with one attached hydrogen (secondary N) is 1. The molecule has 0 unspecified atom stereocenters. The first-order chi connectivity index (χ1) is 15.5. The summed E-state index contributed by atoms with van der Waals surface area (Å²) < 4.78 is 3.86. The van der Waals surface area contributed by atoms with Gasteiger partial charge in [0.1, 0.15) is 6.04 Å². The van der Waals surface area contributed by atoms with Crippen LogP contribution in [-0.2, 0) is 4.79 Å². The maximum atomic E-state index is 13.7. The fourth-order valence-corrected chi connectivity index (χ4v) is 4.77. The normalized spacial score (nSPS) is 15.2. The van der Waals surface area contributed by atoms with E-state index < -0.39 is 6.04 Å². The second kappa shape index (κ2) is 9.99. The molecule has 32 heavy (non-hydrogen) atoms. The zero-order valence-electron chi connectivity index (χ0n) is 18.3. The molecule has 1 fully saturated rings. The topological polar surface area (TPSA) is 88.1 Å². The number of pyridine rings is 1. The van der Waals surface area contributed by atoms with Crippen LogP contribution in [0.25, 0.3) is 0 Å². The van der Waals surface area contributed by atoms with E-state index in [-0.39, 0.29) is 23.6 Å². The SMILES string of the molecule is Cc1cc(C)cc(N(C(=O)c2csnn2)[C@@H](C(=O)NC2CCCCC2)c2cccnc2)c1. The Balaban J connectivity index is 1.80. The molecule has 3 aromatic rings. The molecular weight excluding hydrogens is 422 g/mol. The Hall–Kier alpha value is -3.13. The maximum absolute atomic E-state index is 13.7. The minimum Gasteiger partial charge on any atom is -0.351 e. The Morgan fingerprint density at radius 1 is 1.12 bits per heavy atom. The van der Waals surface area contributed by atoms with Gasteiger partial charge in [-0.25, -0.2) is 0 Å². The summed E-state index contributed by atoms with van der Waals surface area (Å²) in [4.78, 5) is 33.1. The summed E-state index contributed by atoms with van der Waals surface area (Å²) in [5.41, 5.74) is 3.52. The zero-order valence-corrected chi connectivity index (χ0v) is 19.1. The van der Waals surface area contributed by atoms with Gasteiger partial charge in [-0.1, -0.05) is 35.9 Å². The van der Waals surface area contributed by atoms with Gasteiger partial charge in [0.05, 0.1) is 0 Å². The van der Waals surface area contributed by atoms with Crippen LogP contribution in [0, 0.1) is 13.8 Å². The van der Waals surface area contributed by atoms with Gasteiger partial charge < -0.3 is 5.32 Å². The van der Waals surface area contributed by atoms with Crippen molar-refractivity contribution in [2.75, 3.05) is 4.90 Å². The molecule has 166 valence electrons. The fourth-order valence-electron chi connectivity index (χ4n) is 4.34. The van der Waals surface area contributed by atoms with Gasteiger partial charge in [0.2, 0.25) is 5.91 Å². The fraction of sp³-hybridized carbons (Fsp3) is 0.375. The molecule has 0 bridgehead atoms. The lowest BCUT2D eigenvalue weighted by Gasteiger charge is -2.33. The number of amides is 2. The second-order valence-electron chi connectivity index (χ2n) is 8.34. The van der Waals surface area contributed by atoms with Crippen LogP contribution in [0.1, 0.15) is 65.3 Å². The standard InChI is InChI=1S/C24H27N5O2S/c1-16-11-17(2)13-20(12-16)29(24(31)21-15-32-28-27-21)22(18-7-6-10-25-14-18)23(30)26-19-8-4-3-5-9-19/h6-7,10-15,19,22H,3-5,8-9H2,1-2H3,(H,26,30)/t22-/m1/s1. The number of nitrogens with zero attached hydrogens (tertiary/aromatic N) is 4. The minimum atomic E-state index is -0.874. The van der Waals surface area contributed by atoms with Gasteiger partial charge in [0, 0.05) is 35.1 Å². The second-order valence-corrected chi connectivity index (χ2v) is 8.95. The molecule has 1 N–H and O–H groups in total. The van der Waals surface area contributed by atoms with Gasteiger partial charge in [-0.2, -0.15) is 0 Å². The lowest BCUT2D eigenvalue weighted by Crippen LogP contribution is -2.47. The first-order valence-corrected chi connectivity index (χ1v) is 11.8. The van der Waals surface area contributed by atoms with Crippen molar-refractivity contribution in [3.63, 3.8) is 0 Å². The maximum Gasteiger partial charge on any atom is 0.280 e. The highest BCUT2D eigenvalue weighted by Crippen LogP contribution is 2.31. The number of hydrogen-bond donors (Lipinski definition) is 1. The Morgan fingerprint density at radius 3 is 2.50 bits per heavy atom. The van der Waals surface area contributed by atoms with Crippen LogP contribution in [0.4, 0.5) is 5.69 Å². The van der Waals surface area contributed by atoms with Crippen molar-refractivity contribution in [2.24, 2.45) is 0 Å². The third-order valence-electron chi connectivity index (χ3n) is 5.74. The molecule has 1 aliphatic rings. The molecule has 0 spiro atoms. The first-order valence-electron chi connectivity index (χ1n) is 10.9. The summed E-state index contributed by atoms with van der Waals surface area (Å²) in [6, 6.07) is 8.74. The van der Waals surface area contributed by atoms with Gasteiger partial charge in [-0.15, -0.1) is 5.10 Å². The Kier molecular flexibility index (Phi) is 6.90. The monoisotopic (exact) mass is 449 g/mol. The van der Waals surface area contributed by atoms with Crippen molar-refractivity contribution in [1.82, 2.24) is 19.9 Å². The van der Waals surface area contributed by atoms with E-state index in [1.807, 2.05) is 38.1 Å². The third kappa shape index (κ3) is 5.02. The van der Waals surface area contributed by atoms with Gasteiger partial charge >= 0.3 is 0 Å². The number of aromatic nitrogens is 3. The van der Waals surface area contributed by atoms with E-state index in [9.17, 15) is 9.59 Å². The summed E-state index contributed by atoms with van der Waals surface area (Å²) in [7, 11) is 0. The van der Waals surface area contributed by atoms with E-state index in [1.165, 1.54) is 11.3 Å². The molecule has 1 aliphatic carbocycles. The average molecular weight is 450 g/mol. The van der Waals surface area contributed by atoms with E-state index >= 15 is 0 Å². The number of rotatable bonds is 6. The number of carbonyl (C=O) groups excluding carboxylic acids is 2. The molecule has 2 aromatic heterocycles. The van der Waals surface area contributed by atoms with Crippen LogP contribution >= 0.6 is 11.5 Å². The lowest BCUT2D eigenvalue weighted by atomic mass is 9.94. The van der Waals surface area contributed by atoms with E-state index in [1.54, 1.807) is 23.8 Å². The minimum absolute atomic E-state index is 0.118. The van der Waals surface area contributed by atoms with Gasteiger partial charge in [-0.05, 0) is 67.5 Å². The van der Waals surface area contributed by atoms with Gasteiger partial charge in [0.15, 0.2) is 5.69 Å². The number of hydrogen-bond acceptors (Lipinski definition) is 6. The molecule has 2 amide bonds. The molecule has 1 atom stereocenters. The lowest BCUT2D eigenvalue weighted by molar-refractivity contribution is -0.123. The van der Waals surface area contributed by atoms with Crippen LogP contribution in [0.3, 0.4) is 0 Å². The van der Waals surface area contributed by atoms with Crippen LogP contribution < -0.4 is 10.2 Å². The van der Waals surface area contributed by atoms with E-state index in [4.69, 9.17) is 0 Å².